The summed E-state index contributed by atoms with van der Waals surface area (Å²) < 4.78 is 53.5. The van der Waals surface area contributed by atoms with E-state index in [9.17, 15) is 18.0 Å². The van der Waals surface area contributed by atoms with E-state index < -0.39 is 17.6 Å². The van der Waals surface area contributed by atoms with Crippen LogP contribution in [0.3, 0.4) is 0 Å². The number of piperidine rings is 1. The lowest BCUT2D eigenvalue weighted by molar-refractivity contribution is -0.691. The number of hydrogen-bond donors (Lipinski definition) is 2. The van der Waals surface area contributed by atoms with Crippen LogP contribution in [-0.4, -0.2) is 61.3 Å². The van der Waals surface area contributed by atoms with Crippen LogP contribution in [0.4, 0.5) is 17.6 Å². The van der Waals surface area contributed by atoms with Crippen molar-refractivity contribution in [2.75, 3.05) is 26.2 Å². The Kier molecular flexibility index (Phi) is 10.6. The van der Waals surface area contributed by atoms with Crippen molar-refractivity contribution >= 4 is 11.9 Å². The third-order valence-electron chi connectivity index (χ3n) is 10.4. The summed E-state index contributed by atoms with van der Waals surface area (Å²) >= 11 is 0. The summed E-state index contributed by atoms with van der Waals surface area (Å²) in [7, 11) is 0. The molecule has 2 saturated heterocycles. The second-order valence-electron chi connectivity index (χ2n) is 13.6. The van der Waals surface area contributed by atoms with Gasteiger partial charge in [-0.15, -0.1) is 0 Å². The Morgan fingerprint density at radius 3 is 2.33 bits per heavy atom. The molecule has 1 aliphatic carbocycles. The fourth-order valence-corrected chi connectivity index (χ4v) is 8.46. The van der Waals surface area contributed by atoms with E-state index in [1.165, 1.54) is 37.7 Å². The number of carboxylic acid groups (broad SMARTS) is 1. The van der Waals surface area contributed by atoms with Crippen LogP contribution in [0.1, 0.15) is 81.4 Å². The molecule has 4 N–H and O–H groups in total. The van der Waals surface area contributed by atoms with E-state index >= 15 is 4.39 Å². The van der Waals surface area contributed by atoms with Gasteiger partial charge in [0, 0.05) is 18.2 Å². The van der Waals surface area contributed by atoms with Gasteiger partial charge in [-0.05, 0) is 69.1 Å². The molecular formula is C35H46F4N3O4+. The first-order chi connectivity index (χ1) is 21.9. The summed E-state index contributed by atoms with van der Waals surface area (Å²) in [5.41, 5.74) is 2.61. The number of halogens is 4. The van der Waals surface area contributed by atoms with Gasteiger partial charge in [0.1, 0.15) is 35.4 Å². The third-order valence-corrected chi connectivity index (χ3v) is 10.4. The van der Waals surface area contributed by atoms with Crippen LogP contribution in [-0.2, 0) is 21.5 Å². The average Bonchev–Trinajstić information content (AvgIpc) is 3.45. The number of ether oxygens (including phenoxy) is 1. The summed E-state index contributed by atoms with van der Waals surface area (Å²) in [5, 5.41) is 13.3. The monoisotopic (exact) mass is 648 g/mol. The molecule has 0 unspecified atom stereocenters. The minimum Gasteiger partial charge on any atom is -0.542 e. The number of carbonyl (C=O) groups excluding carboxylic acids is 2. The normalized spacial score (nSPS) is 26.8. The lowest BCUT2D eigenvalue weighted by atomic mass is 9.67. The number of rotatable bonds is 5. The summed E-state index contributed by atoms with van der Waals surface area (Å²) in [5.74, 6) is -1.27. The third kappa shape index (κ3) is 7.20. The van der Waals surface area contributed by atoms with Gasteiger partial charge in [-0.2, -0.15) is 13.2 Å². The second-order valence-corrected chi connectivity index (χ2v) is 13.6. The molecule has 3 heterocycles. The number of quaternary nitrogens is 2. The number of alkyl halides is 3. The molecule has 1 saturated carbocycles. The lowest BCUT2D eigenvalue weighted by Gasteiger charge is -2.47. The number of carboxylic acids is 1. The smallest absolute Gasteiger partial charge is 0.430 e. The van der Waals surface area contributed by atoms with Gasteiger partial charge >= 0.3 is 6.18 Å². The zero-order valence-corrected chi connectivity index (χ0v) is 26.7. The minimum absolute atomic E-state index is 0.0205. The minimum atomic E-state index is -5.19. The summed E-state index contributed by atoms with van der Waals surface area (Å²) in [6.07, 6.45) is 3.18. The zero-order valence-electron chi connectivity index (χ0n) is 26.7. The maximum Gasteiger partial charge on any atom is 0.430 e. The van der Waals surface area contributed by atoms with E-state index in [-0.39, 0.29) is 29.8 Å². The van der Waals surface area contributed by atoms with Crippen molar-refractivity contribution in [3.05, 3.63) is 65.0 Å². The predicted molar refractivity (Wildman–Crippen MR) is 161 cm³/mol. The van der Waals surface area contributed by atoms with Crippen LogP contribution in [0.25, 0.3) is 0 Å². The van der Waals surface area contributed by atoms with E-state index in [1.54, 1.807) is 12.1 Å². The fraction of sp³-hybridized carbons (Fsp3) is 0.600. The molecule has 11 heteroatoms. The first-order valence-corrected chi connectivity index (χ1v) is 16.7. The van der Waals surface area contributed by atoms with Crippen molar-refractivity contribution in [1.82, 2.24) is 4.90 Å². The SMILES string of the molecule is CC(C)Oc1ccc(F)c2c1C[NH2+]C[C@]21C[NH2+]C[C@H]1C(=O)N1CC[C@@H](c2ccccc2)C[C@H]1C1CCCCC1.O=C([O-])C(F)(F)F. The van der Waals surface area contributed by atoms with Crippen molar-refractivity contribution in [3.8, 4) is 5.75 Å². The molecule has 46 heavy (non-hydrogen) atoms. The second kappa shape index (κ2) is 14.3. The Labute approximate surface area is 268 Å². The van der Waals surface area contributed by atoms with Gasteiger partial charge in [-0.1, -0.05) is 49.6 Å². The lowest BCUT2D eigenvalue weighted by Crippen LogP contribution is -2.91. The molecule has 2 aromatic rings. The van der Waals surface area contributed by atoms with Crippen LogP contribution in [0, 0.1) is 17.7 Å². The molecule has 7 nitrogen and oxygen atoms in total. The molecule has 0 aromatic heterocycles. The first-order valence-electron chi connectivity index (χ1n) is 16.7. The number of amides is 1. The Morgan fingerprint density at radius 2 is 1.67 bits per heavy atom. The van der Waals surface area contributed by atoms with E-state index in [0.717, 1.165) is 55.9 Å². The number of benzene rings is 2. The Bertz CT molecular complexity index is 1370. The van der Waals surface area contributed by atoms with Crippen molar-refractivity contribution in [3.63, 3.8) is 0 Å². The molecule has 0 radical (unpaired) electrons. The standard InChI is InChI=1S/C33H44FN3O2.C2HF3O2/c1-22(2)39-30-14-13-28(34)31-26(30)18-35-20-33(31)21-36-19-27(33)32(38)37-16-15-25(23-9-5-3-6-10-23)17-29(37)24-11-7-4-8-12-24;3-2(4,5)1(6)7/h3,5-6,9-10,13-14,22,24-25,27,29,35-36H,4,7-8,11-12,15-21H2,1-2H3;(H,6,7)/p+1/t25-,27+,29+,33-;/m1./s1. The molecule has 1 amide bonds. The molecule has 3 fully saturated rings. The van der Waals surface area contributed by atoms with Crippen molar-refractivity contribution in [2.45, 2.75) is 95.0 Å². The molecule has 0 bridgehead atoms. The van der Waals surface area contributed by atoms with E-state index in [1.807, 2.05) is 13.8 Å². The molecule has 4 atom stereocenters. The predicted octanol–water partition coefficient (Wildman–Crippen LogP) is 2.77. The van der Waals surface area contributed by atoms with Crippen LogP contribution in [0.5, 0.6) is 5.75 Å². The molecule has 6 rings (SSSR count). The Hall–Kier alpha value is -3.18. The quantitative estimate of drug-likeness (QED) is 0.487. The number of likely N-dealkylation sites (tertiary alicyclic amines) is 1. The zero-order chi connectivity index (χ0) is 33.1. The van der Waals surface area contributed by atoms with Crippen molar-refractivity contribution in [1.29, 1.82) is 0 Å². The van der Waals surface area contributed by atoms with Gasteiger partial charge in [0.15, 0.2) is 0 Å². The van der Waals surface area contributed by atoms with Gasteiger partial charge < -0.3 is 30.2 Å². The molecule has 1 spiro atoms. The number of fused-ring (bicyclic) bond motifs is 2. The highest BCUT2D eigenvalue weighted by Crippen LogP contribution is 2.44. The number of aliphatic carboxylic acids is 1. The van der Waals surface area contributed by atoms with E-state index in [2.05, 4.69) is 45.9 Å². The average molecular weight is 649 g/mol. The highest BCUT2D eigenvalue weighted by Gasteiger charge is 2.58. The molecule has 252 valence electrons. The van der Waals surface area contributed by atoms with Gasteiger partial charge in [0.2, 0.25) is 5.91 Å². The van der Waals surface area contributed by atoms with Crippen LogP contribution < -0.4 is 20.5 Å². The van der Waals surface area contributed by atoms with E-state index in [4.69, 9.17) is 14.6 Å². The molecule has 3 aliphatic heterocycles. The number of nitrogens with two attached hydrogens (primary N) is 2. The summed E-state index contributed by atoms with van der Waals surface area (Å²) in [4.78, 5) is 25.8. The van der Waals surface area contributed by atoms with Crippen molar-refractivity contribution < 1.29 is 47.6 Å². The van der Waals surface area contributed by atoms with Gasteiger partial charge in [-0.25, -0.2) is 4.39 Å². The van der Waals surface area contributed by atoms with Crippen LogP contribution in [0.2, 0.25) is 0 Å². The van der Waals surface area contributed by atoms with Gasteiger partial charge in [-0.3, -0.25) is 4.79 Å². The maximum absolute atomic E-state index is 15.8. The van der Waals surface area contributed by atoms with E-state index in [0.29, 0.717) is 18.4 Å². The highest BCUT2D eigenvalue weighted by atomic mass is 19.4. The summed E-state index contributed by atoms with van der Waals surface area (Å²) in [6, 6.07) is 14.5. The number of carbonyl (C=O) groups is 2. The number of nitrogens with zero attached hydrogens (tertiary/aromatic N) is 1. The fourth-order valence-electron chi connectivity index (χ4n) is 8.46. The largest absolute Gasteiger partial charge is 0.542 e. The van der Waals surface area contributed by atoms with Gasteiger partial charge in [0.25, 0.3) is 0 Å². The highest BCUT2D eigenvalue weighted by molar-refractivity contribution is 5.82. The summed E-state index contributed by atoms with van der Waals surface area (Å²) in [6.45, 7) is 7.77. The maximum atomic E-state index is 15.8. The number of hydrogen-bond acceptors (Lipinski definition) is 4. The van der Waals surface area contributed by atoms with Gasteiger partial charge in [0.05, 0.1) is 31.3 Å². The van der Waals surface area contributed by atoms with Crippen molar-refractivity contribution in [2.24, 2.45) is 11.8 Å². The topological polar surface area (TPSA) is 103 Å². The molecule has 4 aliphatic rings. The van der Waals surface area contributed by atoms with Crippen LogP contribution in [0.15, 0.2) is 42.5 Å². The molecule has 2 aromatic carbocycles. The molecular weight excluding hydrogens is 602 g/mol. The Morgan fingerprint density at radius 1 is 1.00 bits per heavy atom. The van der Waals surface area contributed by atoms with Crippen LogP contribution >= 0.6 is 0 Å². The Balaban J connectivity index is 0.000000537. The first kappa shape index (κ1) is 34.2.